The van der Waals surface area contributed by atoms with Crippen molar-refractivity contribution in [3.05, 3.63) is 17.0 Å². The maximum Gasteiger partial charge on any atom is 0.135 e. The maximum atomic E-state index is 6.03. The quantitative estimate of drug-likeness (QED) is 0.813. The second kappa shape index (κ2) is 4.45. The predicted molar refractivity (Wildman–Crippen MR) is 69.4 cm³/mol. The average Bonchev–Trinajstić information content (AvgIpc) is 3.13. The van der Waals surface area contributed by atoms with Gasteiger partial charge in [0, 0.05) is 18.0 Å². The molecule has 0 aliphatic heterocycles. The minimum atomic E-state index is 0.555. The summed E-state index contributed by atoms with van der Waals surface area (Å²) in [6.07, 6.45) is 6.27. The molecule has 1 N–H and O–H groups in total. The maximum absolute atomic E-state index is 6.03. The molecular formula is C13H18ClN3. The summed E-state index contributed by atoms with van der Waals surface area (Å²) in [6.45, 7) is 2.24. The predicted octanol–water partition coefficient (Wildman–Crippen LogP) is 3.61. The Balaban J connectivity index is 1.66. The highest BCUT2D eigenvalue weighted by Gasteiger charge is 2.36. The minimum absolute atomic E-state index is 0.555. The van der Waals surface area contributed by atoms with Gasteiger partial charge in [-0.3, -0.25) is 0 Å². The van der Waals surface area contributed by atoms with Crippen molar-refractivity contribution in [2.75, 3.05) is 5.32 Å². The standard InChI is InChI=1S/C13H18ClN3/c1-2-3-9-6-10(9)15-12-7-11(14)16-13(17-12)8-4-5-8/h7-10H,2-6H2,1H3,(H,15,16,17). The van der Waals surface area contributed by atoms with E-state index < -0.39 is 0 Å². The van der Waals surface area contributed by atoms with Crippen molar-refractivity contribution in [2.45, 2.75) is 51.0 Å². The van der Waals surface area contributed by atoms with Gasteiger partial charge in [0.1, 0.15) is 16.8 Å². The van der Waals surface area contributed by atoms with Crippen molar-refractivity contribution >= 4 is 17.4 Å². The fourth-order valence-electron chi connectivity index (χ4n) is 2.34. The van der Waals surface area contributed by atoms with E-state index >= 15 is 0 Å². The van der Waals surface area contributed by atoms with Gasteiger partial charge in [0.25, 0.3) is 0 Å². The summed E-state index contributed by atoms with van der Waals surface area (Å²) in [6, 6.07) is 2.45. The number of aromatic nitrogens is 2. The lowest BCUT2D eigenvalue weighted by atomic mass is 10.2. The lowest BCUT2D eigenvalue weighted by Gasteiger charge is -2.07. The van der Waals surface area contributed by atoms with Crippen LogP contribution in [0.1, 0.15) is 50.8 Å². The van der Waals surface area contributed by atoms with E-state index in [0.717, 1.165) is 17.6 Å². The molecule has 2 unspecified atom stereocenters. The number of rotatable bonds is 5. The molecule has 0 saturated heterocycles. The molecule has 17 heavy (non-hydrogen) atoms. The number of halogens is 1. The van der Waals surface area contributed by atoms with E-state index in [2.05, 4.69) is 22.2 Å². The van der Waals surface area contributed by atoms with Crippen LogP contribution in [0, 0.1) is 5.92 Å². The Morgan fingerprint density at radius 1 is 1.41 bits per heavy atom. The molecule has 92 valence electrons. The summed E-state index contributed by atoms with van der Waals surface area (Å²) in [5.74, 6) is 3.22. The zero-order chi connectivity index (χ0) is 11.8. The lowest BCUT2D eigenvalue weighted by molar-refractivity contribution is 0.692. The molecule has 0 bridgehead atoms. The molecule has 1 aromatic rings. The van der Waals surface area contributed by atoms with E-state index in [0.29, 0.717) is 17.1 Å². The van der Waals surface area contributed by atoms with Gasteiger partial charge in [-0.25, -0.2) is 9.97 Å². The smallest absolute Gasteiger partial charge is 0.135 e. The first-order valence-electron chi connectivity index (χ1n) is 6.57. The largest absolute Gasteiger partial charge is 0.367 e. The molecule has 4 heteroatoms. The summed E-state index contributed by atoms with van der Waals surface area (Å²) >= 11 is 6.03. The highest BCUT2D eigenvalue weighted by Crippen LogP contribution is 2.40. The Morgan fingerprint density at radius 3 is 2.94 bits per heavy atom. The lowest BCUT2D eigenvalue weighted by Crippen LogP contribution is -2.08. The molecule has 0 spiro atoms. The molecule has 1 heterocycles. The average molecular weight is 252 g/mol. The van der Waals surface area contributed by atoms with Crippen molar-refractivity contribution in [1.82, 2.24) is 9.97 Å². The van der Waals surface area contributed by atoms with E-state index in [9.17, 15) is 0 Å². The first-order valence-corrected chi connectivity index (χ1v) is 6.95. The third kappa shape index (κ3) is 2.71. The van der Waals surface area contributed by atoms with Gasteiger partial charge in [-0.05, 0) is 31.6 Å². The van der Waals surface area contributed by atoms with Crippen LogP contribution in [0.25, 0.3) is 0 Å². The Hall–Kier alpha value is -0.830. The van der Waals surface area contributed by atoms with Crippen molar-refractivity contribution in [3.63, 3.8) is 0 Å². The van der Waals surface area contributed by atoms with Crippen LogP contribution in [0.3, 0.4) is 0 Å². The molecule has 3 nitrogen and oxygen atoms in total. The zero-order valence-electron chi connectivity index (χ0n) is 10.1. The summed E-state index contributed by atoms with van der Waals surface area (Å²) in [7, 11) is 0. The molecule has 2 saturated carbocycles. The van der Waals surface area contributed by atoms with Crippen LogP contribution in [0.2, 0.25) is 5.15 Å². The number of hydrogen-bond donors (Lipinski definition) is 1. The van der Waals surface area contributed by atoms with Crippen LogP contribution in [-0.4, -0.2) is 16.0 Å². The van der Waals surface area contributed by atoms with Crippen LogP contribution in [0.15, 0.2) is 6.07 Å². The molecule has 2 aliphatic rings. The van der Waals surface area contributed by atoms with E-state index in [-0.39, 0.29) is 0 Å². The van der Waals surface area contributed by atoms with Crippen molar-refractivity contribution in [3.8, 4) is 0 Å². The van der Waals surface area contributed by atoms with Crippen molar-refractivity contribution in [2.24, 2.45) is 5.92 Å². The highest BCUT2D eigenvalue weighted by molar-refractivity contribution is 6.29. The Morgan fingerprint density at radius 2 is 2.24 bits per heavy atom. The first-order chi connectivity index (χ1) is 8.26. The second-order valence-electron chi connectivity index (χ2n) is 5.24. The van der Waals surface area contributed by atoms with Gasteiger partial charge in [0.15, 0.2) is 0 Å². The van der Waals surface area contributed by atoms with Gasteiger partial charge in [-0.15, -0.1) is 0 Å². The number of anilines is 1. The van der Waals surface area contributed by atoms with Crippen LogP contribution < -0.4 is 5.32 Å². The molecule has 1 aromatic heterocycles. The van der Waals surface area contributed by atoms with E-state index in [4.69, 9.17) is 11.6 Å². The SMILES string of the molecule is CCCC1CC1Nc1cc(Cl)nc(C2CC2)n1. The van der Waals surface area contributed by atoms with Crippen LogP contribution in [0.4, 0.5) is 5.82 Å². The third-order valence-corrected chi connectivity index (χ3v) is 3.76. The third-order valence-electron chi connectivity index (χ3n) is 3.57. The fourth-order valence-corrected chi connectivity index (χ4v) is 2.53. The molecule has 2 atom stereocenters. The minimum Gasteiger partial charge on any atom is -0.367 e. The van der Waals surface area contributed by atoms with Crippen molar-refractivity contribution in [1.29, 1.82) is 0 Å². The summed E-state index contributed by atoms with van der Waals surface area (Å²) in [5.41, 5.74) is 0. The number of hydrogen-bond acceptors (Lipinski definition) is 3. The van der Waals surface area contributed by atoms with Gasteiger partial charge < -0.3 is 5.32 Å². The molecule has 0 amide bonds. The molecule has 3 rings (SSSR count). The number of nitrogens with one attached hydrogen (secondary N) is 1. The highest BCUT2D eigenvalue weighted by atomic mass is 35.5. The Labute approximate surface area is 107 Å². The van der Waals surface area contributed by atoms with Gasteiger partial charge in [0.2, 0.25) is 0 Å². The summed E-state index contributed by atoms with van der Waals surface area (Å²) in [5, 5.41) is 4.05. The van der Waals surface area contributed by atoms with Gasteiger partial charge in [-0.2, -0.15) is 0 Å². The van der Waals surface area contributed by atoms with Crippen LogP contribution in [0.5, 0.6) is 0 Å². The van der Waals surface area contributed by atoms with Gasteiger partial charge in [0.05, 0.1) is 0 Å². The van der Waals surface area contributed by atoms with Gasteiger partial charge in [-0.1, -0.05) is 24.9 Å². The normalized spacial score (nSPS) is 26.9. The molecule has 0 radical (unpaired) electrons. The topological polar surface area (TPSA) is 37.8 Å². The van der Waals surface area contributed by atoms with Gasteiger partial charge >= 0.3 is 0 Å². The molecule has 2 fully saturated rings. The van der Waals surface area contributed by atoms with Crippen molar-refractivity contribution < 1.29 is 0 Å². The zero-order valence-corrected chi connectivity index (χ0v) is 10.9. The van der Waals surface area contributed by atoms with E-state index in [1.54, 1.807) is 0 Å². The summed E-state index contributed by atoms with van der Waals surface area (Å²) < 4.78 is 0. The van der Waals surface area contributed by atoms with Crippen LogP contribution in [-0.2, 0) is 0 Å². The van der Waals surface area contributed by atoms with E-state index in [1.807, 2.05) is 6.07 Å². The monoisotopic (exact) mass is 251 g/mol. The van der Waals surface area contributed by atoms with Crippen LogP contribution >= 0.6 is 11.6 Å². The fraction of sp³-hybridized carbons (Fsp3) is 0.692. The Kier molecular flexibility index (Phi) is 2.95. The number of nitrogens with zero attached hydrogens (tertiary/aromatic N) is 2. The molecular weight excluding hydrogens is 234 g/mol. The Bertz CT molecular complexity index is 417. The first kappa shape index (κ1) is 11.3. The molecule has 2 aliphatic carbocycles. The van der Waals surface area contributed by atoms with E-state index in [1.165, 1.54) is 32.1 Å². The molecule has 0 aromatic carbocycles. The second-order valence-corrected chi connectivity index (χ2v) is 5.63. The summed E-state index contributed by atoms with van der Waals surface area (Å²) in [4.78, 5) is 8.86.